The van der Waals surface area contributed by atoms with Crippen LogP contribution in [-0.2, 0) is 0 Å². The van der Waals surface area contributed by atoms with E-state index in [9.17, 15) is 4.79 Å². The third kappa shape index (κ3) is 2.85. The molecule has 0 radical (unpaired) electrons. The Balaban J connectivity index is 1.51. The molecule has 25 heavy (non-hydrogen) atoms. The summed E-state index contributed by atoms with van der Waals surface area (Å²) in [6.45, 7) is 1.88. The Morgan fingerprint density at radius 3 is 2.72 bits per heavy atom. The molecule has 1 aromatic carbocycles. The lowest BCUT2D eigenvalue weighted by Gasteiger charge is -2.12. The van der Waals surface area contributed by atoms with Crippen molar-refractivity contribution in [3.63, 3.8) is 0 Å². The summed E-state index contributed by atoms with van der Waals surface area (Å²) in [4.78, 5) is 16.4. The predicted molar refractivity (Wildman–Crippen MR) is 90.2 cm³/mol. The zero-order valence-corrected chi connectivity index (χ0v) is 13.4. The Bertz CT molecular complexity index is 1010. The molecule has 124 valence electrons. The van der Waals surface area contributed by atoms with E-state index in [0.29, 0.717) is 11.4 Å². The number of fused-ring (bicyclic) bond motifs is 1. The number of nitrogens with one attached hydrogen (secondary N) is 1. The highest BCUT2D eigenvalue weighted by Gasteiger charge is 2.16. The second-order valence-electron chi connectivity index (χ2n) is 5.57. The fourth-order valence-electron chi connectivity index (χ4n) is 2.61. The van der Waals surface area contributed by atoms with Crippen molar-refractivity contribution in [2.75, 3.05) is 0 Å². The van der Waals surface area contributed by atoms with Crippen LogP contribution in [0, 0.1) is 0 Å². The molecule has 1 atom stereocenters. The van der Waals surface area contributed by atoms with Gasteiger partial charge in [-0.2, -0.15) is 5.10 Å². The van der Waals surface area contributed by atoms with Crippen LogP contribution in [0.15, 0.2) is 61.3 Å². The predicted octanol–water partition coefficient (Wildman–Crippen LogP) is 1.80. The molecule has 0 spiro atoms. The van der Waals surface area contributed by atoms with E-state index < -0.39 is 0 Å². The summed E-state index contributed by atoms with van der Waals surface area (Å²) in [5.74, 6) is 0.508. The van der Waals surface area contributed by atoms with Gasteiger partial charge in [0.05, 0.1) is 11.7 Å². The molecule has 0 aliphatic carbocycles. The standard InChI is InChI=1S/C17H15N7O/c1-12(16-22-21-15-4-2-3-9-23(15)16)20-17(25)13-5-7-14(8-6-13)24-11-18-10-19-24/h2-12H,1H3,(H,20,25). The summed E-state index contributed by atoms with van der Waals surface area (Å²) in [6.07, 6.45) is 4.94. The first-order valence-corrected chi connectivity index (χ1v) is 7.78. The third-order valence-electron chi connectivity index (χ3n) is 3.89. The number of hydrogen-bond acceptors (Lipinski definition) is 5. The van der Waals surface area contributed by atoms with Crippen LogP contribution in [0.2, 0.25) is 0 Å². The molecule has 0 saturated heterocycles. The molecule has 1 unspecified atom stereocenters. The van der Waals surface area contributed by atoms with Crippen LogP contribution in [0.1, 0.15) is 29.1 Å². The Hall–Kier alpha value is -3.55. The Labute approximate surface area is 143 Å². The molecule has 1 N–H and O–H groups in total. The number of carbonyl (C=O) groups excluding carboxylic acids is 1. The van der Waals surface area contributed by atoms with Gasteiger partial charge in [-0.25, -0.2) is 9.67 Å². The smallest absolute Gasteiger partial charge is 0.251 e. The molecule has 0 saturated carbocycles. The molecular weight excluding hydrogens is 318 g/mol. The van der Waals surface area contributed by atoms with Crippen LogP contribution in [0.5, 0.6) is 0 Å². The Morgan fingerprint density at radius 1 is 1.12 bits per heavy atom. The van der Waals surface area contributed by atoms with Crippen LogP contribution in [0.25, 0.3) is 11.3 Å². The number of rotatable bonds is 4. The maximum absolute atomic E-state index is 12.5. The fourth-order valence-corrected chi connectivity index (χ4v) is 2.61. The fraction of sp³-hybridized carbons (Fsp3) is 0.118. The van der Waals surface area contributed by atoms with Crippen LogP contribution >= 0.6 is 0 Å². The topological polar surface area (TPSA) is 90.0 Å². The maximum Gasteiger partial charge on any atom is 0.251 e. The minimum Gasteiger partial charge on any atom is -0.342 e. The van der Waals surface area contributed by atoms with Crippen molar-refractivity contribution in [1.82, 2.24) is 34.7 Å². The third-order valence-corrected chi connectivity index (χ3v) is 3.89. The quantitative estimate of drug-likeness (QED) is 0.615. The van der Waals surface area contributed by atoms with Crippen molar-refractivity contribution in [2.24, 2.45) is 0 Å². The molecule has 3 heterocycles. The van der Waals surface area contributed by atoms with Gasteiger partial charge in [0.25, 0.3) is 5.91 Å². The van der Waals surface area contributed by atoms with E-state index >= 15 is 0 Å². The monoisotopic (exact) mass is 333 g/mol. The van der Waals surface area contributed by atoms with E-state index in [1.54, 1.807) is 23.1 Å². The minimum absolute atomic E-state index is 0.176. The number of benzene rings is 1. The van der Waals surface area contributed by atoms with E-state index in [2.05, 4.69) is 25.6 Å². The lowest BCUT2D eigenvalue weighted by Crippen LogP contribution is -2.28. The highest BCUT2D eigenvalue weighted by Crippen LogP contribution is 2.14. The first-order chi connectivity index (χ1) is 12.2. The summed E-state index contributed by atoms with van der Waals surface area (Å²) in [5.41, 5.74) is 2.14. The van der Waals surface area contributed by atoms with E-state index in [1.165, 1.54) is 6.33 Å². The van der Waals surface area contributed by atoms with Crippen molar-refractivity contribution in [2.45, 2.75) is 13.0 Å². The van der Waals surface area contributed by atoms with Gasteiger partial charge in [0, 0.05) is 11.8 Å². The average Bonchev–Trinajstić information content (AvgIpc) is 3.31. The molecule has 1 amide bonds. The highest BCUT2D eigenvalue weighted by atomic mass is 16.1. The summed E-state index contributed by atoms with van der Waals surface area (Å²) in [5, 5.41) is 15.3. The molecule has 0 aliphatic heterocycles. The van der Waals surface area contributed by atoms with Gasteiger partial charge in [-0.15, -0.1) is 10.2 Å². The summed E-state index contributed by atoms with van der Waals surface area (Å²) < 4.78 is 3.49. The molecule has 0 fully saturated rings. The minimum atomic E-state index is -0.278. The Kier molecular flexibility index (Phi) is 3.70. The van der Waals surface area contributed by atoms with Crippen LogP contribution in [-0.4, -0.2) is 35.3 Å². The van der Waals surface area contributed by atoms with Gasteiger partial charge in [-0.05, 0) is 43.3 Å². The van der Waals surface area contributed by atoms with Crippen molar-refractivity contribution in [3.8, 4) is 5.69 Å². The summed E-state index contributed by atoms with van der Waals surface area (Å²) in [6, 6.07) is 12.5. The lowest BCUT2D eigenvalue weighted by molar-refractivity contribution is 0.0938. The molecule has 4 rings (SSSR count). The Morgan fingerprint density at radius 2 is 1.96 bits per heavy atom. The zero-order valence-electron chi connectivity index (χ0n) is 13.4. The largest absolute Gasteiger partial charge is 0.342 e. The average molecular weight is 333 g/mol. The summed E-state index contributed by atoms with van der Waals surface area (Å²) >= 11 is 0. The van der Waals surface area contributed by atoms with E-state index in [1.807, 2.05) is 47.9 Å². The first-order valence-electron chi connectivity index (χ1n) is 7.78. The number of hydrogen-bond donors (Lipinski definition) is 1. The first kappa shape index (κ1) is 15.0. The van der Waals surface area contributed by atoms with Gasteiger partial charge in [-0.3, -0.25) is 9.20 Å². The van der Waals surface area contributed by atoms with Gasteiger partial charge in [0.2, 0.25) is 0 Å². The second kappa shape index (κ2) is 6.16. The normalized spacial score (nSPS) is 12.2. The molecule has 4 aromatic rings. The van der Waals surface area contributed by atoms with Crippen molar-refractivity contribution >= 4 is 11.6 Å². The number of pyridine rings is 1. The molecule has 0 bridgehead atoms. The number of amides is 1. The van der Waals surface area contributed by atoms with Crippen LogP contribution < -0.4 is 5.32 Å². The number of carbonyl (C=O) groups is 1. The van der Waals surface area contributed by atoms with E-state index in [4.69, 9.17) is 0 Å². The van der Waals surface area contributed by atoms with Crippen LogP contribution in [0.4, 0.5) is 0 Å². The molecule has 0 aliphatic rings. The van der Waals surface area contributed by atoms with E-state index in [0.717, 1.165) is 11.3 Å². The highest BCUT2D eigenvalue weighted by molar-refractivity contribution is 5.94. The molecule has 3 aromatic heterocycles. The van der Waals surface area contributed by atoms with Crippen molar-refractivity contribution in [3.05, 3.63) is 72.7 Å². The van der Waals surface area contributed by atoms with Gasteiger partial charge < -0.3 is 5.32 Å². The van der Waals surface area contributed by atoms with Gasteiger partial charge in [0.1, 0.15) is 12.7 Å². The molecule has 8 nitrogen and oxygen atoms in total. The van der Waals surface area contributed by atoms with Crippen molar-refractivity contribution < 1.29 is 4.79 Å². The number of aromatic nitrogens is 6. The summed E-state index contributed by atoms with van der Waals surface area (Å²) in [7, 11) is 0. The van der Waals surface area contributed by atoms with Crippen LogP contribution in [0.3, 0.4) is 0 Å². The van der Waals surface area contributed by atoms with Gasteiger partial charge in [-0.1, -0.05) is 6.07 Å². The molecule has 8 heteroatoms. The second-order valence-corrected chi connectivity index (χ2v) is 5.57. The van der Waals surface area contributed by atoms with Crippen molar-refractivity contribution in [1.29, 1.82) is 0 Å². The van der Waals surface area contributed by atoms with Gasteiger partial charge in [0.15, 0.2) is 11.5 Å². The number of nitrogens with zero attached hydrogens (tertiary/aromatic N) is 6. The zero-order chi connectivity index (χ0) is 17.2. The van der Waals surface area contributed by atoms with Gasteiger partial charge >= 0.3 is 0 Å². The van der Waals surface area contributed by atoms with E-state index in [-0.39, 0.29) is 11.9 Å². The lowest BCUT2D eigenvalue weighted by atomic mass is 10.2. The SMILES string of the molecule is CC(NC(=O)c1ccc(-n2cncn2)cc1)c1nnc2ccccn12. The molecular formula is C17H15N7O. The maximum atomic E-state index is 12.5.